The Balaban J connectivity index is 2.18. The third kappa shape index (κ3) is 3.46. The van der Waals surface area contributed by atoms with E-state index < -0.39 is 10.0 Å². The van der Waals surface area contributed by atoms with Crippen LogP contribution in [0.4, 0.5) is 0 Å². The highest BCUT2D eigenvalue weighted by Gasteiger charge is 2.27. The highest BCUT2D eigenvalue weighted by Crippen LogP contribution is 2.30. The van der Waals surface area contributed by atoms with Crippen molar-refractivity contribution in [2.45, 2.75) is 30.2 Å². The minimum Gasteiger partial charge on any atom is -0.313 e. The number of piperidine rings is 1. The van der Waals surface area contributed by atoms with Crippen LogP contribution in [-0.4, -0.2) is 38.9 Å². The Morgan fingerprint density at radius 3 is 2.75 bits per heavy atom. The number of benzene rings is 1. The molecule has 1 atom stereocenters. The lowest BCUT2D eigenvalue weighted by Crippen LogP contribution is -2.44. The highest BCUT2D eigenvalue weighted by molar-refractivity contribution is 7.89. The number of hydrogen-bond acceptors (Lipinski definition) is 3. The number of nitrogens with zero attached hydrogens (tertiary/aromatic N) is 1. The summed E-state index contributed by atoms with van der Waals surface area (Å²) < 4.78 is 26.4. The van der Waals surface area contributed by atoms with Crippen molar-refractivity contribution in [1.82, 2.24) is 9.62 Å². The second-order valence-electron chi connectivity index (χ2n) is 4.98. The second kappa shape index (κ2) is 6.62. The molecule has 0 amide bonds. The second-order valence-corrected chi connectivity index (χ2v) is 7.78. The summed E-state index contributed by atoms with van der Waals surface area (Å²) in [5, 5.41) is 3.66. The van der Waals surface area contributed by atoms with Gasteiger partial charge in [0.1, 0.15) is 4.90 Å². The molecule has 20 heavy (non-hydrogen) atoms. The van der Waals surface area contributed by atoms with Crippen LogP contribution in [0.25, 0.3) is 0 Å². The maximum Gasteiger partial charge on any atom is 0.244 e. The Bertz CT molecular complexity index is 572. The molecule has 1 aliphatic heterocycles. The number of nitrogens with one attached hydrogen (secondary N) is 1. The van der Waals surface area contributed by atoms with E-state index in [1.165, 1.54) is 10.4 Å². The van der Waals surface area contributed by atoms with Crippen molar-refractivity contribution in [3.8, 4) is 0 Å². The zero-order chi connectivity index (χ0) is 14.8. The molecule has 1 unspecified atom stereocenters. The summed E-state index contributed by atoms with van der Waals surface area (Å²) in [5.41, 5.74) is 0. The number of sulfonamides is 1. The van der Waals surface area contributed by atoms with E-state index in [0.29, 0.717) is 6.54 Å². The molecule has 7 heteroatoms. The van der Waals surface area contributed by atoms with Crippen LogP contribution in [0, 0.1) is 0 Å². The molecule has 1 N–H and O–H groups in total. The fraction of sp³-hybridized carbons (Fsp3) is 0.538. The van der Waals surface area contributed by atoms with Gasteiger partial charge in [-0.3, -0.25) is 0 Å². The first-order valence-corrected chi connectivity index (χ1v) is 8.76. The van der Waals surface area contributed by atoms with Crippen molar-refractivity contribution >= 4 is 33.2 Å². The lowest BCUT2D eigenvalue weighted by molar-refractivity contribution is 0.337. The minimum absolute atomic E-state index is 0.0602. The smallest absolute Gasteiger partial charge is 0.244 e. The van der Waals surface area contributed by atoms with Crippen LogP contribution in [0.1, 0.15) is 19.3 Å². The van der Waals surface area contributed by atoms with E-state index in [1.807, 2.05) is 0 Å². The van der Waals surface area contributed by atoms with Crippen LogP contribution in [0.3, 0.4) is 0 Å². The molecular formula is C13H18Cl2N2O2S. The summed E-state index contributed by atoms with van der Waals surface area (Å²) >= 11 is 11.9. The molecule has 0 saturated carbocycles. The molecule has 0 aromatic heterocycles. The zero-order valence-electron chi connectivity index (χ0n) is 11.3. The Kier molecular flexibility index (Phi) is 5.31. The first-order chi connectivity index (χ1) is 9.43. The van der Waals surface area contributed by atoms with Gasteiger partial charge in [-0.15, -0.1) is 0 Å². The molecule has 1 aromatic rings. The van der Waals surface area contributed by atoms with Gasteiger partial charge in [0.15, 0.2) is 0 Å². The van der Waals surface area contributed by atoms with Gasteiger partial charge in [0.05, 0.1) is 10.0 Å². The topological polar surface area (TPSA) is 49.4 Å². The minimum atomic E-state index is -3.61. The van der Waals surface area contributed by atoms with Crippen LogP contribution in [0.2, 0.25) is 10.0 Å². The molecule has 1 aliphatic rings. The average Bonchev–Trinajstić information content (AvgIpc) is 2.42. The standard InChI is InChI=1S/C13H18Cl2N2O2S/c1-17(9-10-5-2-3-8-16-10)20(18,19)12-7-4-6-11(14)13(12)15/h4,6-7,10,16H,2-3,5,8-9H2,1H3. The van der Waals surface area contributed by atoms with E-state index in [-0.39, 0.29) is 21.0 Å². The fourth-order valence-electron chi connectivity index (χ4n) is 2.34. The van der Waals surface area contributed by atoms with Crippen LogP contribution < -0.4 is 5.32 Å². The summed E-state index contributed by atoms with van der Waals surface area (Å²) in [6.07, 6.45) is 3.26. The molecule has 0 spiro atoms. The van der Waals surface area contributed by atoms with Gasteiger partial charge >= 0.3 is 0 Å². The molecule has 4 nitrogen and oxygen atoms in total. The molecule has 0 radical (unpaired) electrons. The molecule has 0 bridgehead atoms. The zero-order valence-corrected chi connectivity index (χ0v) is 13.6. The van der Waals surface area contributed by atoms with Gasteiger partial charge in [-0.1, -0.05) is 35.7 Å². The van der Waals surface area contributed by atoms with E-state index in [9.17, 15) is 8.42 Å². The van der Waals surface area contributed by atoms with Gasteiger partial charge in [-0.05, 0) is 31.5 Å². The Labute approximate surface area is 130 Å². The summed E-state index contributed by atoms with van der Waals surface area (Å²) in [6, 6.07) is 4.84. The summed E-state index contributed by atoms with van der Waals surface area (Å²) in [6.45, 7) is 1.38. The molecule has 1 aromatic carbocycles. The predicted molar refractivity (Wildman–Crippen MR) is 81.9 cm³/mol. The monoisotopic (exact) mass is 336 g/mol. The lowest BCUT2D eigenvalue weighted by Gasteiger charge is -2.28. The number of hydrogen-bond donors (Lipinski definition) is 1. The van der Waals surface area contributed by atoms with Crippen LogP contribution in [-0.2, 0) is 10.0 Å². The number of halogens is 2. The van der Waals surface area contributed by atoms with E-state index >= 15 is 0 Å². The third-order valence-electron chi connectivity index (χ3n) is 3.49. The lowest BCUT2D eigenvalue weighted by atomic mass is 10.1. The van der Waals surface area contributed by atoms with E-state index in [1.54, 1.807) is 19.2 Å². The van der Waals surface area contributed by atoms with E-state index in [2.05, 4.69) is 5.32 Å². The number of likely N-dealkylation sites (N-methyl/N-ethyl adjacent to an activating group) is 1. The highest BCUT2D eigenvalue weighted by atomic mass is 35.5. The van der Waals surface area contributed by atoms with Crippen molar-refractivity contribution in [1.29, 1.82) is 0 Å². The molecular weight excluding hydrogens is 319 g/mol. The maximum atomic E-state index is 12.5. The predicted octanol–water partition coefficient (Wildman–Crippen LogP) is 2.76. The normalized spacial score (nSPS) is 20.3. The van der Waals surface area contributed by atoms with Gasteiger partial charge < -0.3 is 5.32 Å². The van der Waals surface area contributed by atoms with E-state index in [0.717, 1.165) is 25.8 Å². The molecule has 1 saturated heterocycles. The third-order valence-corrected chi connectivity index (χ3v) is 6.29. The van der Waals surface area contributed by atoms with Crippen molar-refractivity contribution in [3.63, 3.8) is 0 Å². The summed E-state index contributed by atoms with van der Waals surface area (Å²) in [7, 11) is -2.04. The van der Waals surface area contributed by atoms with Gasteiger partial charge in [0, 0.05) is 19.6 Å². The molecule has 112 valence electrons. The van der Waals surface area contributed by atoms with E-state index in [4.69, 9.17) is 23.2 Å². The Morgan fingerprint density at radius 1 is 1.35 bits per heavy atom. The molecule has 1 fully saturated rings. The maximum absolute atomic E-state index is 12.5. The fourth-order valence-corrected chi connectivity index (χ4v) is 4.29. The van der Waals surface area contributed by atoms with Crippen LogP contribution in [0.5, 0.6) is 0 Å². The Morgan fingerprint density at radius 2 is 2.10 bits per heavy atom. The van der Waals surface area contributed by atoms with Gasteiger partial charge in [0.2, 0.25) is 10.0 Å². The van der Waals surface area contributed by atoms with Gasteiger partial charge in [-0.25, -0.2) is 8.42 Å². The largest absolute Gasteiger partial charge is 0.313 e. The van der Waals surface area contributed by atoms with Crippen molar-refractivity contribution in [3.05, 3.63) is 28.2 Å². The van der Waals surface area contributed by atoms with Crippen LogP contribution >= 0.6 is 23.2 Å². The Hall–Kier alpha value is -0.330. The van der Waals surface area contributed by atoms with Crippen LogP contribution in [0.15, 0.2) is 23.1 Å². The van der Waals surface area contributed by atoms with Crippen molar-refractivity contribution < 1.29 is 8.42 Å². The van der Waals surface area contributed by atoms with Crippen molar-refractivity contribution in [2.24, 2.45) is 0 Å². The summed E-state index contributed by atoms with van der Waals surface area (Å²) in [5.74, 6) is 0. The summed E-state index contributed by atoms with van der Waals surface area (Å²) in [4.78, 5) is 0.0602. The quantitative estimate of drug-likeness (QED) is 0.919. The SMILES string of the molecule is CN(CC1CCCCN1)S(=O)(=O)c1cccc(Cl)c1Cl. The molecule has 2 rings (SSSR count). The van der Waals surface area contributed by atoms with Gasteiger partial charge in [-0.2, -0.15) is 4.31 Å². The molecule has 1 heterocycles. The first-order valence-electron chi connectivity index (χ1n) is 6.56. The van der Waals surface area contributed by atoms with Crippen molar-refractivity contribution in [2.75, 3.05) is 20.1 Å². The number of rotatable bonds is 4. The average molecular weight is 337 g/mol. The molecule has 0 aliphatic carbocycles. The first kappa shape index (κ1) is 16.0. The van der Waals surface area contributed by atoms with Gasteiger partial charge in [0.25, 0.3) is 0 Å².